The van der Waals surface area contributed by atoms with Crippen LogP contribution in [0, 0.1) is 0 Å². The highest BCUT2D eigenvalue weighted by atomic mass is 31.2. The zero-order chi connectivity index (χ0) is 62.1. The number of likely N-dealkylation sites (N-methyl/N-ethyl adjacent to an activating group) is 1. The summed E-state index contributed by atoms with van der Waals surface area (Å²) in [6, 6.07) is -0.888. The first kappa shape index (κ1) is 83.0. The van der Waals surface area contributed by atoms with Crippen LogP contribution in [0.25, 0.3) is 0 Å². The van der Waals surface area contributed by atoms with E-state index in [9.17, 15) is 19.0 Å². The molecule has 0 aliphatic carbocycles. The van der Waals surface area contributed by atoms with Gasteiger partial charge in [0.25, 0.3) is 7.82 Å². The number of allylic oxidation sites excluding steroid dienone is 7. The number of hydrogen-bond donors (Lipinski definition) is 1. The molecule has 0 saturated carbocycles. The molecule has 3 atom stereocenters. The molecule has 0 saturated heterocycles. The minimum absolute atomic E-state index is 0.0206. The van der Waals surface area contributed by atoms with Crippen LogP contribution in [0.4, 0.5) is 0 Å². The van der Waals surface area contributed by atoms with E-state index in [-0.39, 0.29) is 31.5 Å². The molecule has 0 aromatic heterocycles. The van der Waals surface area contributed by atoms with Crippen molar-refractivity contribution in [1.29, 1.82) is 0 Å². The van der Waals surface area contributed by atoms with E-state index in [1.807, 2.05) is 33.3 Å². The number of phosphoric ester groups is 1. The zero-order valence-corrected chi connectivity index (χ0v) is 58.2. The number of phosphoric acid groups is 1. The molecule has 0 aliphatic heterocycles. The lowest BCUT2D eigenvalue weighted by Gasteiger charge is -2.30. The molecule has 0 heterocycles. The molecule has 500 valence electrons. The predicted octanol–water partition coefficient (Wildman–Crippen LogP) is 22.9. The number of hydrogen-bond acceptors (Lipinski definition) is 7. The van der Waals surface area contributed by atoms with E-state index in [2.05, 4.69) is 62.5 Å². The van der Waals surface area contributed by atoms with Crippen molar-refractivity contribution >= 4 is 19.7 Å². The van der Waals surface area contributed by atoms with Gasteiger partial charge in [0, 0.05) is 12.8 Å². The fourth-order valence-corrected chi connectivity index (χ4v) is 11.7. The molecule has 0 radical (unpaired) electrons. The molecule has 0 aliphatic rings. The first-order valence-electron chi connectivity index (χ1n) is 36.9. The lowest BCUT2D eigenvalue weighted by atomic mass is 10.0. The van der Waals surface area contributed by atoms with E-state index < -0.39 is 20.0 Å². The van der Waals surface area contributed by atoms with Gasteiger partial charge in [-0.3, -0.25) is 14.2 Å². The Hall–Kier alpha value is -2.03. The second-order valence-electron chi connectivity index (χ2n) is 26.4. The molecular weight excluding hydrogens is 1070 g/mol. The third kappa shape index (κ3) is 66.2. The quantitative estimate of drug-likeness (QED) is 0.0212. The molecule has 1 N–H and O–H groups in total. The van der Waals surface area contributed by atoms with Crippen molar-refractivity contribution in [3.63, 3.8) is 0 Å². The number of nitrogens with one attached hydrogen (secondary N) is 1. The van der Waals surface area contributed by atoms with Crippen LogP contribution in [-0.4, -0.2) is 69.4 Å². The van der Waals surface area contributed by atoms with Gasteiger partial charge in [0.05, 0.1) is 33.8 Å². The molecule has 10 heteroatoms. The van der Waals surface area contributed by atoms with Crippen LogP contribution in [0.5, 0.6) is 0 Å². The number of unbranched alkanes of at least 4 members (excludes halogenated alkanes) is 46. The molecule has 0 bridgehead atoms. The summed E-state index contributed by atoms with van der Waals surface area (Å²) in [4.78, 5) is 40.3. The van der Waals surface area contributed by atoms with Crippen molar-refractivity contribution in [2.45, 2.75) is 380 Å². The van der Waals surface area contributed by atoms with Gasteiger partial charge >= 0.3 is 5.97 Å². The van der Waals surface area contributed by atoms with Crippen molar-refractivity contribution in [2.24, 2.45) is 0 Å². The fourth-order valence-electron chi connectivity index (χ4n) is 11.0. The number of carbonyl (C=O) groups excluding carboxylic acids is 2. The summed E-state index contributed by atoms with van der Waals surface area (Å²) in [5, 5.41) is 3.05. The Morgan fingerprint density at radius 3 is 1.09 bits per heavy atom. The molecule has 85 heavy (non-hydrogen) atoms. The minimum atomic E-state index is -4.70. The largest absolute Gasteiger partial charge is 0.756 e. The van der Waals surface area contributed by atoms with Gasteiger partial charge in [-0.15, -0.1) is 0 Å². The Kier molecular flexibility index (Phi) is 63.4. The first-order valence-corrected chi connectivity index (χ1v) is 38.4. The number of quaternary nitrogens is 1. The molecular formula is C75H143N2O7P. The Balaban J connectivity index is 5.05. The molecule has 0 fully saturated rings. The highest BCUT2D eigenvalue weighted by Crippen LogP contribution is 2.38. The molecule has 0 rings (SSSR count). The second kappa shape index (κ2) is 64.9. The van der Waals surface area contributed by atoms with Crippen molar-refractivity contribution in [2.75, 3.05) is 40.9 Å². The smallest absolute Gasteiger partial charge is 0.306 e. The standard InChI is InChI=1S/C75H143N2O7P/c1-7-10-13-16-19-22-25-28-30-32-34-36-38-40-42-44-46-49-52-55-58-61-64-67-74(78)76-72(71-83-85(80,81)82-70-69-77(4,5)6)73(66-63-60-57-54-51-48-27-24-21-18-15-12-9-3)84-75(79)68-65-62-59-56-53-50-47-45-43-41-39-37-35-33-31-29-26-23-20-17-14-11-8-2/h20,23,28-31,63,66,72-73H,7-19,21-22,24-27,32-62,64-65,67-71H2,1-6H3,(H-,76,78,80,81)/b23-20-,30-28+,31-29-,66-63+. The lowest BCUT2D eigenvalue weighted by Crippen LogP contribution is -2.47. The second-order valence-corrected chi connectivity index (χ2v) is 27.9. The number of rotatable bonds is 68. The maximum Gasteiger partial charge on any atom is 0.306 e. The van der Waals surface area contributed by atoms with Crippen LogP contribution in [0.2, 0.25) is 0 Å². The minimum Gasteiger partial charge on any atom is -0.756 e. The Labute approximate surface area is 529 Å². The molecule has 3 unspecified atom stereocenters. The number of ether oxygens (including phenoxy) is 1. The van der Waals surface area contributed by atoms with Gasteiger partial charge < -0.3 is 28.5 Å². The SMILES string of the molecule is CCCCC/C=C\C/C=C\CCCCCCCCCCCCCCCC(=O)OC(/C=C/CCCCCCCCCCCCC)C(COP(=O)([O-])OCC[N+](C)(C)C)NC(=O)CCCCCCCCCCCCCCC/C=C/CCCCCCCC. The molecule has 1 amide bonds. The maximum absolute atomic E-state index is 13.6. The van der Waals surface area contributed by atoms with Crippen LogP contribution in [-0.2, 0) is 27.9 Å². The van der Waals surface area contributed by atoms with Gasteiger partial charge in [-0.2, -0.15) is 0 Å². The van der Waals surface area contributed by atoms with Gasteiger partial charge in [-0.1, -0.05) is 314 Å². The molecule has 0 aromatic rings. The van der Waals surface area contributed by atoms with E-state index in [1.54, 1.807) is 0 Å². The zero-order valence-electron chi connectivity index (χ0n) is 57.3. The summed E-state index contributed by atoms with van der Waals surface area (Å²) in [5.74, 6) is -0.524. The third-order valence-corrected chi connectivity index (χ3v) is 17.7. The Morgan fingerprint density at radius 1 is 0.412 bits per heavy atom. The van der Waals surface area contributed by atoms with E-state index in [4.69, 9.17) is 13.8 Å². The average molecular weight is 1220 g/mol. The number of amides is 1. The van der Waals surface area contributed by atoms with Crippen LogP contribution in [0.1, 0.15) is 367 Å². The molecule has 0 spiro atoms. The van der Waals surface area contributed by atoms with Gasteiger partial charge in [0.1, 0.15) is 19.3 Å². The maximum atomic E-state index is 13.6. The number of carbonyl (C=O) groups is 2. The summed E-state index contributed by atoms with van der Waals surface area (Å²) in [5.41, 5.74) is 0. The lowest BCUT2D eigenvalue weighted by molar-refractivity contribution is -0.870. The van der Waals surface area contributed by atoms with Crippen LogP contribution in [0.3, 0.4) is 0 Å². The monoisotopic (exact) mass is 1220 g/mol. The van der Waals surface area contributed by atoms with Gasteiger partial charge in [0.15, 0.2) is 0 Å². The van der Waals surface area contributed by atoms with E-state index in [0.717, 1.165) is 64.2 Å². The number of esters is 1. The summed E-state index contributed by atoms with van der Waals surface area (Å²) >= 11 is 0. The van der Waals surface area contributed by atoms with Crippen molar-refractivity contribution in [3.05, 3.63) is 48.6 Å². The molecule has 0 aromatic carbocycles. The van der Waals surface area contributed by atoms with Gasteiger partial charge in [-0.05, 0) is 89.5 Å². The predicted molar refractivity (Wildman–Crippen MR) is 367 cm³/mol. The normalized spacial score (nSPS) is 13.7. The third-order valence-electron chi connectivity index (χ3n) is 16.7. The summed E-state index contributed by atoms with van der Waals surface area (Å²) in [6.07, 6.45) is 82.3. The fraction of sp³-hybridized carbons (Fsp3) is 0.867. The van der Waals surface area contributed by atoms with E-state index in [0.29, 0.717) is 17.4 Å². The number of nitrogens with zero attached hydrogens (tertiary/aromatic N) is 1. The summed E-state index contributed by atoms with van der Waals surface area (Å²) in [7, 11) is 1.20. The highest BCUT2D eigenvalue weighted by molar-refractivity contribution is 7.45. The summed E-state index contributed by atoms with van der Waals surface area (Å²) < 4.78 is 30.5. The summed E-state index contributed by atoms with van der Waals surface area (Å²) in [6.45, 7) is 6.88. The molecule has 9 nitrogen and oxygen atoms in total. The van der Waals surface area contributed by atoms with Gasteiger partial charge in [0.2, 0.25) is 5.91 Å². The van der Waals surface area contributed by atoms with Crippen molar-refractivity contribution in [3.8, 4) is 0 Å². The Bertz CT molecular complexity index is 1590. The van der Waals surface area contributed by atoms with E-state index >= 15 is 0 Å². The Morgan fingerprint density at radius 2 is 0.718 bits per heavy atom. The van der Waals surface area contributed by atoms with Gasteiger partial charge in [-0.25, -0.2) is 0 Å². The van der Waals surface area contributed by atoms with Crippen molar-refractivity contribution in [1.82, 2.24) is 5.32 Å². The average Bonchev–Trinajstić information content (AvgIpc) is 3.52. The van der Waals surface area contributed by atoms with Crippen LogP contribution in [0.15, 0.2) is 48.6 Å². The van der Waals surface area contributed by atoms with Crippen molar-refractivity contribution < 1.29 is 37.3 Å². The first-order chi connectivity index (χ1) is 41.4. The topological polar surface area (TPSA) is 114 Å². The van der Waals surface area contributed by atoms with E-state index in [1.165, 1.54) is 270 Å². The highest BCUT2D eigenvalue weighted by Gasteiger charge is 2.27. The van der Waals surface area contributed by atoms with Crippen LogP contribution >= 0.6 is 7.82 Å². The van der Waals surface area contributed by atoms with Crippen LogP contribution < -0.4 is 10.2 Å².